The van der Waals surface area contributed by atoms with E-state index in [9.17, 15) is 18.7 Å². The van der Waals surface area contributed by atoms with Crippen LogP contribution < -0.4 is 15.8 Å². The third-order valence-electron chi connectivity index (χ3n) is 8.66. The molecule has 0 radical (unpaired) electrons. The molecule has 2 aliphatic carbocycles. The predicted octanol–water partition coefficient (Wildman–Crippen LogP) is 5.77. The molecule has 1 saturated carbocycles. The maximum Gasteiger partial charge on any atom is 0.345 e. The van der Waals surface area contributed by atoms with E-state index in [1.165, 1.54) is 6.08 Å². The van der Waals surface area contributed by atoms with Crippen molar-refractivity contribution in [1.29, 1.82) is 0 Å². The first-order valence-electron chi connectivity index (χ1n) is 13.8. The number of nitrogens with one attached hydrogen (secondary N) is 1. The highest BCUT2D eigenvalue weighted by Gasteiger charge is 2.50. The lowest BCUT2D eigenvalue weighted by Gasteiger charge is -2.38. The minimum atomic E-state index is -3.22. The van der Waals surface area contributed by atoms with Gasteiger partial charge in [0.05, 0.1) is 5.60 Å². The van der Waals surface area contributed by atoms with Gasteiger partial charge in [-0.2, -0.15) is 8.78 Å². The van der Waals surface area contributed by atoms with Crippen LogP contribution in [0.2, 0.25) is 5.02 Å². The second-order valence-corrected chi connectivity index (χ2v) is 11.8. The number of nitrogens with two attached hydrogens (primary N) is 1. The van der Waals surface area contributed by atoms with Crippen molar-refractivity contribution >= 4 is 23.1 Å². The van der Waals surface area contributed by atoms with Gasteiger partial charge in [-0.3, -0.25) is 4.79 Å². The fraction of sp³-hybridized carbons (Fsp3) is 0.452. The molecule has 10 heteroatoms. The van der Waals surface area contributed by atoms with Crippen LogP contribution in [-0.4, -0.2) is 48.1 Å². The monoisotopic (exact) mass is 590 g/mol. The number of aliphatic hydroxyl groups is 1. The Kier molecular flexibility index (Phi) is 8.27. The third kappa shape index (κ3) is 5.65. The predicted molar refractivity (Wildman–Crippen MR) is 151 cm³/mol. The second kappa shape index (κ2) is 11.4. The van der Waals surface area contributed by atoms with Crippen LogP contribution in [0.25, 0.3) is 5.57 Å². The number of carbonyl (C=O) groups excluding carboxylic acids is 1. The molecule has 4 atom stereocenters. The second-order valence-electron chi connectivity index (χ2n) is 11.4. The Balaban J connectivity index is 1.58. The van der Waals surface area contributed by atoms with Crippen LogP contribution >= 0.6 is 11.6 Å². The Morgan fingerprint density at radius 1 is 1.22 bits per heavy atom. The van der Waals surface area contributed by atoms with Crippen molar-refractivity contribution < 1.29 is 32.5 Å². The van der Waals surface area contributed by atoms with Crippen molar-refractivity contribution in [3.63, 3.8) is 0 Å². The number of carbonyl (C=O) groups is 1. The summed E-state index contributed by atoms with van der Waals surface area (Å²) in [5, 5.41) is 14.2. The topological polar surface area (TPSA) is 93.8 Å². The highest BCUT2D eigenvalue weighted by Crippen LogP contribution is 2.55. The van der Waals surface area contributed by atoms with Gasteiger partial charge in [-0.15, -0.1) is 0 Å². The molecule has 2 aromatic carbocycles. The van der Waals surface area contributed by atoms with Crippen LogP contribution in [0.15, 0.2) is 60.2 Å². The highest BCUT2D eigenvalue weighted by atomic mass is 35.5. The first kappa shape index (κ1) is 29.6. The molecule has 0 saturated heterocycles. The zero-order chi connectivity index (χ0) is 29.5. The zero-order valence-electron chi connectivity index (χ0n) is 22.9. The van der Waals surface area contributed by atoms with Gasteiger partial charge in [0.2, 0.25) is 5.91 Å². The fourth-order valence-corrected chi connectivity index (χ4v) is 6.62. The molecule has 1 heterocycles. The summed E-state index contributed by atoms with van der Waals surface area (Å²) < 4.78 is 53.5. The van der Waals surface area contributed by atoms with Gasteiger partial charge in [0.25, 0.3) is 0 Å². The smallest absolute Gasteiger partial charge is 0.345 e. The van der Waals surface area contributed by atoms with E-state index in [0.29, 0.717) is 30.7 Å². The van der Waals surface area contributed by atoms with Crippen molar-refractivity contribution in [2.75, 3.05) is 6.54 Å². The first-order chi connectivity index (χ1) is 19.4. The summed E-state index contributed by atoms with van der Waals surface area (Å²) in [4.78, 5) is 12.4. The number of hydrogen-bond acceptors (Lipinski definition) is 5. The normalized spacial score (nSPS) is 31.3. The van der Waals surface area contributed by atoms with E-state index in [1.807, 2.05) is 44.2 Å². The Labute approximate surface area is 242 Å². The highest BCUT2D eigenvalue weighted by molar-refractivity contribution is 6.33. The van der Waals surface area contributed by atoms with Crippen LogP contribution in [0, 0.1) is 0 Å². The van der Waals surface area contributed by atoms with E-state index >= 15 is 4.39 Å². The van der Waals surface area contributed by atoms with Crippen LogP contribution in [0.5, 0.6) is 5.75 Å². The van der Waals surface area contributed by atoms with Crippen molar-refractivity contribution in [3.8, 4) is 5.75 Å². The van der Waals surface area contributed by atoms with E-state index in [0.717, 1.165) is 24.5 Å². The number of benzene rings is 2. The van der Waals surface area contributed by atoms with Gasteiger partial charge in [0.1, 0.15) is 11.9 Å². The fourth-order valence-electron chi connectivity index (χ4n) is 6.36. The van der Waals surface area contributed by atoms with Gasteiger partial charge in [0, 0.05) is 45.8 Å². The molecule has 1 fully saturated rings. The number of rotatable bonds is 8. The van der Waals surface area contributed by atoms with Gasteiger partial charge in [-0.25, -0.2) is 4.39 Å². The van der Waals surface area contributed by atoms with E-state index < -0.39 is 41.9 Å². The van der Waals surface area contributed by atoms with Crippen molar-refractivity contribution in [3.05, 3.63) is 81.9 Å². The Hall–Kier alpha value is -2.85. The van der Waals surface area contributed by atoms with Crippen LogP contribution in [0.3, 0.4) is 0 Å². The molecule has 41 heavy (non-hydrogen) atoms. The molecule has 0 aromatic heterocycles. The molecule has 1 aliphatic heterocycles. The first-order valence-corrected chi connectivity index (χ1v) is 14.1. The average molecular weight is 591 g/mol. The van der Waals surface area contributed by atoms with Gasteiger partial charge in [-0.1, -0.05) is 61.0 Å². The zero-order valence-corrected chi connectivity index (χ0v) is 23.6. The SMILES string of the molecule is C[C@H]1c2c(ccc(Cl)c2C2=C(C(N)=O)C=CC(OC(F)F)C2F)O[C@]1(CN[C@H]1CC[C@@](C)(O)CC1)c1ccccc1. The number of primary amides is 1. The molecule has 220 valence electrons. The number of alkyl halides is 3. The lowest BCUT2D eigenvalue weighted by molar-refractivity contribution is -0.159. The lowest BCUT2D eigenvalue weighted by Crippen LogP contribution is -2.49. The summed E-state index contributed by atoms with van der Waals surface area (Å²) in [7, 11) is 0. The van der Waals surface area contributed by atoms with E-state index in [-0.39, 0.29) is 27.8 Å². The van der Waals surface area contributed by atoms with Gasteiger partial charge in [0.15, 0.2) is 11.8 Å². The van der Waals surface area contributed by atoms with Gasteiger partial charge < -0.3 is 25.6 Å². The number of hydrogen-bond donors (Lipinski definition) is 3. The maximum absolute atomic E-state index is 16.0. The molecule has 6 nitrogen and oxygen atoms in total. The number of halogens is 4. The Morgan fingerprint density at radius 3 is 2.54 bits per heavy atom. The van der Waals surface area contributed by atoms with Crippen LogP contribution in [-0.2, 0) is 15.1 Å². The molecule has 1 amide bonds. The molecule has 2 unspecified atom stereocenters. The summed E-state index contributed by atoms with van der Waals surface area (Å²) in [5.41, 5.74) is 5.26. The summed E-state index contributed by atoms with van der Waals surface area (Å²) in [6, 6.07) is 13.0. The largest absolute Gasteiger partial charge is 0.480 e. The third-order valence-corrected chi connectivity index (χ3v) is 8.97. The summed E-state index contributed by atoms with van der Waals surface area (Å²) >= 11 is 6.70. The average Bonchev–Trinajstić information content (AvgIpc) is 3.22. The summed E-state index contributed by atoms with van der Waals surface area (Å²) in [5.74, 6) is -0.890. The van der Waals surface area contributed by atoms with E-state index in [2.05, 4.69) is 10.1 Å². The molecular formula is C31H34ClF3N2O4. The van der Waals surface area contributed by atoms with Crippen molar-refractivity contribution in [1.82, 2.24) is 5.32 Å². The lowest BCUT2D eigenvalue weighted by atomic mass is 9.75. The van der Waals surface area contributed by atoms with Gasteiger partial charge in [-0.05, 0) is 50.3 Å². The molecule has 2 aromatic rings. The van der Waals surface area contributed by atoms with Crippen molar-refractivity contribution in [2.24, 2.45) is 5.73 Å². The molecular weight excluding hydrogens is 557 g/mol. The quantitative estimate of drug-likeness (QED) is 0.363. The van der Waals surface area contributed by atoms with Gasteiger partial charge >= 0.3 is 6.61 Å². The molecule has 5 rings (SSSR count). The number of fused-ring (bicyclic) bond motifs is 1. The van der Waals surface area contributed by atoms with E-state index in [1.54, 1.807) is 12.1 Å². The minimum Gasteiger partial charge on any atom is -0.480 e. The standard InChI is InChI=1S/C31H34ClF3N2O4/c1-17-24-22(11-9-21(32)26(24)25-20(28(36)38)8-10-23(27(25)33)40-29(34)35)41-31(17,18-6-4-3-5-7-18)16-37-19-12-14-30(2,39)15-13-19/h3-11,17,19,23,27,29,37,39H,12-16H2,1-2H3,(H2,36,38)/t17-,19-,23?,27?,30+,31-/m0/s1. The molecule has 3 aliphatic rings. The summed E-state index contributed by atoms with van der Waals surface area (Å²) in [6.45, 7) is 0.964. The molecule has 0 spiro atoms. The molecule has 4 N–H and O–H groups in total. The Morgan fingerprint density at radius 2 is 1.90 bits per heavy atom. The summed E-state index contributed by atoms with van der Waals surface area (Å²) in [6.07, 6.45) is 1.46. The molecule has 0 bridgehead atoms. The van der Waals surface area contributed by atoms with Crippen LogP contribution in [0.1, 0.15) is 62.1 Å². The number of ether oxygens (including phenoxy) is 2. The van der Waals surface area contributed by atoms with Crippen molar-refractivity contribution in [2.45, 2.75) is 81.6 Å². The van der Waals surface area contributed by atoms with Crippen LogP contribution in [0.4, 0.5) is 13.2 Å². The number of amides is 1. The minimum absolute atomic E-state index is 0.132. The van der Waals surface area contributed by atoms with E-state index in [4.69, 9.17) is 22.1 Å². The maximum atomic E-state index is 16.0. The Bertz CT molecular complexity index is 1360.